The van der Waals surface area contributed by atoms with Gasteiger partial charge in [-0.1, -0.05) is 0 Å². The van der Waals surface area contributed by atoms with E-state index in [-0.39, 0.29) is 18.1 Å². The predicted molar refractivity (Wildman–Crippen MR) is 73.4 cm³/mol. The molecule has 0 radical (unpaired) electrons. The van der Waals surface area contributed by atoms with Gasteiger partial charge >= 0.3 is 0 Å². The van der Waals surface area contributed by atoms with E-state index in [0.29, 0.717) is 25.4 Å². The lowest BCUT2D eigenvalue weighted by atomic mass is 10.2. The van der Waals surface area contributed by atoms with Crippen LogP contribution in [0.3, 0.4) is 0 Å². The van der Waals surface area contributed by atoms with Crippen molar-refractivity contribution in [1.82, 2.24) is 4.90 Å². The van der Waals surface area contributed by atoms with Crippen LogP contribution in [0.5, 0.6) is 0 Å². The van der Waals surface area contributed by atoms with Crippen molar-refractivity contribution in [3.63, 3.8) is 0 Å². The van der Waals surface area contributed by atoms with Gasteiger partial charge in [-0.15, -0.1) is 0 Å². The number of anilines is 2. The van der Waals surface area contributed by atoms with E-state index in [0.717, 1.165) is 0 Å². The molecule has 1 rings (SSSR count). The highest BCUT2D eigenvalue weighted by atomic mass is 19.1. The lowest BCUT2D eigenvalue weighted by Crippen LogP contribution is -2.32. The summed E-state index contributed by atoms with van der Waals surface area (Å²) in [5.74, 6) is -0.623. The van der Waals surface area contributed by atoms with E-state index in [1.807, 2.05) is 18.9 Å². The van der Waals surface area contributed by atoms with Gasteiger partial charge in [-0.2, -0.15) is 0 Å². The Morgan fingerprint density at radius 3 is 2.89 bits per heavy atom. The Balaban J connectivity index is 2.42. The molecule has 0 spiro atoms. The third-order valence-corrected chi connectivity index (χ3v) is 2.52. The maximum absolute atomic E-state index is 12.9. The zero-order valence-corrected chi connectivity index (χ0v) is 11.3. The van der Waals surface area contributed by atoms with Crippen molar-refractivity contribution in [2.24, 2.45) is 0 Å². The highest BCUT2D eigenvalue weighted by Crippen LogP contribution is 2.18. The van der Waals surface area contributed by atoms with Crippen LogP contribution in [0.2, 0.25) is 0 Å². The van der Waals surface area contributed by atoms with Gasteiger partial charge in [0.2, 0.25) is 5.91 Å². The van der Waals surface area contributed by atoms with Gasteiger partial charge < -0.3 is 15.8 Å². The molecule has 1 aromatic rings. The van der Waals surface area contributed by atoms with Gasteiger partial charge in [-0.05, 0) is 32.2 Å². The molecule has 0 atom stereocenters. The fraction of sp³-hybridized carbons (Fsp3) is 0.462. The molecule has 0 unspecified atom stereocenters. The summed E-state index contributed by atoms with van der Waals surface area (Å²) in [4.78, 5) is 13.6. The van der Waals surface area contributed by atoms with Crippen LogP contribution in [0.4, 0.5) is 15.8 Å². The largest absolute Gasteiger partial charge is 0.397 e. The van der Waals surface area contributed by atoms with Crippen molar-refractivity contribution in [3.05, 3.63) is 24.0 Å². The lowest BCUT2D eigenvalue weighted by Gasteiger charge is -2.16. The quantitative estimate of drug-likeness (QED) is 0.578. The third kappa shape index (κ3) is 5.67. The maximum atomic E-state index is 12.9. The fourth-order valence-corrected chi connectivity index (χ4v) is 1.53. The molecule has 0 bridgehead atoms. The minimum atomic E-state index is -0.427. The Kier molecular flexibility index (Phi) is 6.24. The van der Waals surface area contributed by atoms with E-state index in [4.69, 9.17) is 10.5 Å². The Hall–Kier alpha value is -1.66. The topological polar surface area (TPSA) is 67.6 Å². The van der Waals surface area contributed by atoms with Crippen LogP contribution in [0.25, 0.3) is 0 Å². The number of hydrogen-bond donors (Lipinski definition) is 2. The molecule has 6 heteroatoms. The summed E-state index contributed by atoms with van der Waals surface area (Å²) in [5.41, 5.74) is 6.24. The number of halogens is 1. The maximum Gasteiger partial charge on any atom is 0.238 e. The molecule has 5 nitrogen and oxygen atoms in total. The Morgan fingerprint density at radius 2 is 2.26 bits per heavy atom. The average Bonchev–Trinajstić information content (AvgIpc) is 2.33. The van der Waals surface area contributed by atoms with Crippen LogP contribution >= 0.6 is 0 Å². The molecule has 106 valence electrons. The Bertz CT molecular complexity index is 426. The molecule has 3 N–H and O–H groups in total. The van der Waals surface area contributed by atoms with E-state index < -0.39 is 5.82 Å². The minimum absolute atomic E-state index is 0.197. The van der Waals surface area contributed by atoms with Crippen molar-refractivity contribution in [1.29, 1.82) is 0 Å². The number of amides is 1. The van der Waals surface area contributed by atoms with Gasteiger partial charge in [0.15, 0.2) is 0 Å². The number of nitrogens with one attached hydrogen (secondary N) is 1. The first-order valence-electron chi connectivity index (χ1n) is 6.14. The summed E-state index contributed by atoms with van der Waals surface area (Å²) in [5, 5.41) is 2.65. The lowest BCUT2D eigenvalue weighted by molar-refractivity contribution is -0.117. The number of carbonyl (C=O) groups excluding carboxylic acids is 1. The summed E-state index contributed by atoms with van der Waals surface area (Å²) in [6.07, 6.45) is 0. The summed E-state index contributed by atoms with van der Waals surface area (Å²) < 4.78 is 18.1. The number of nitrogens with two attached hydrogens (primary N) is 1. The molecule has 0 heterocycles. The molecule has 0 saturated heterocycles. The number of nitrogens with zero attached hydrogens (tertiary/aromatic N) is 1. The normalized spacial score (nSPS) is 10.7. The highest BCUT2D eigenvalue weighted by molar-refractivity contribution is 5.95. The zero-order valence-electron chi connectivity index (χ0n) is 11.3. The van der Waals surface area contributed by atoms with E-state index in [1.165, 1.54) is 18.2 Å². The van der Waals surface area contributed by atoms with Gasteiger partial charge in [-0.25, -0.2) is 4.39 Å². The van der Waals surface area contributed by atoms with E-state index >= 15 is 0 Å². The van der Waals surface area contributed by atoms with Gasteiger partial charge in [0.1, 0.15) is 5.82 Å². The smallest absolute Gasteiger partial charge is 0.238 e. The molecule has 0 aromatic heterocycles. The second kappa shape index (κ2) is 7.70. The number of hydrogen-bond acceptors (Lipinski definition) is 4. The summed E-state index contributed by atoms with van der Waals surface area (Å²) >= 11 is 0. The van der Waals surface area contributed by atoms with Crippen molar-refractivity contribution in [2.45, 2.75) is 6.92 Å². The molecule has 0 aliphatic carbocycles. The Labute approximate surface area is 112 Å². The van der Waals surface area contributed by atoms with E-state index in [1.54, 1.807) is 0 Å². The molecular weight excluding hydrogens is 249 g/mol. The van der Waals surface area contributed by atoms with E-state index in [2.05, 4.69) is 5.32 Å². The van der Waals surface area contributed by atoms with Gasteiger partial charge in [0, 0.05) is 13.2 Å². The first-order chi connectivity index (χ1) is 9.02. The third-order valence-electron chi connectivity index (χ3n) is 2.52. The van der Waals surface area contributed by atoms with E-state index in [9.17, 15) is 9.18 Å². The number of likely N-dealkylation sites (N-methyl/N-ethyl adjacent to an activating group) is 1. The number of rotatable bonds is 7. The average molecular weight is 269 g/mol. The number of nitrogen functional groups attached to an aromatic ring is 1. The predicted octanol–water partition coefficient (Wildman–Crippen LogP) is 1.31. The van der Waals surface area contributed by atoms with Crippen LogP contribution in [0, 0.1) is 5.82 Å². The highest BCUT2D eigenvalue weighted by Gasteiger charge is 2.09. The molecule has 19 heavy (non-hydrogen) atoms. The molecule has 0 aliphatic rings. The standard InChI is InChI=1S/C13H20FN3O2/c1-3-19-7-6-17(2)9-13(18)16-12-5-4-10(14)8-11(12)15/h4-5,8H,3,6-7,9,15H2,1-2H3,(H,16,18). The van der Waals surface area contributed by atoms with Gasteiger partial charge in [-0.3, -0.25) is 9.69 Å². The van der Waals surface area contributed by atoms with Crippen LogP contribution in [-0.2, 0) is 9.53 Å². The van der Waals surface area contributed by atoms with Crippen molar-refractivity contribution in [2.75, 3.05) is 44.4 Å². The van der Waals surface area contributed by atoms with Crippen LogP contribution in [0.15, 0.2) is 18.2 Å². The first-order valence-corrected chi connectivity index (χ1v) is 6.14. The SMILES string of the molecule is CCOCCN(C)CC(=O)Nc1ccc(F)cc1N. The monoisotopic (exact) mass is 269 g/mol. The fourth-order valence-electron chi connectivity index (χ4n) is 1.53. The van der Waals surface area contributed by atoms with Crippen molar-refractivity contribution < 1.29 is 13.9 Å². The second-order valence-electron chi connectivity index (χ2n) is 4.21. The first kappa shape index (κ1) is 15.4. The minimum Gasteiger partial charge on any atom is -0.397 e. The summed E-state index contributed by atoms with van der Waals surface area (Å²) in [6, 6.07) is 3.88. The molecule has 1 amide bonds. The van der Waals surface area contributed by atoms with Crippen molar-refractivity contribution >= 4 is 17.3 Å². The molecule has 0 fully saturated rings. The van der Waals surface area contributed by atoms with Crippen LogP contribution < -0.4 is 11.1 Å². The molecule has 0 saturated carbocycles. The Morgan fingerprint density at radius 1 is 1.53 bits per heavy atom. The van der Waals surface area contributed by atoms with Crippen LogP contribution in [-0.4, -0.2) is 44.2 Å². The van der Waals surface area contributed by atoms with Crippen molar-refractivity contribution in [3.8, 4) is 0 Å². The molecular formula is C13H20FN3O2. The zero-order chi connectivity index (χ0) is 14.3. The summed E-state index contributed by atoms with van der Waals surface area (Å²) in [6.45, 7) is 4.05. The second-order valence-corrected chi connectivity index (χ2v) is 4.21. The number of carbonyl (C=O) groups is 1. The summed E-state index contributed by atoms with van der Waals surface area (Å²) in [7, 11) is 1.83. The number of ether oxygens (including phenoxy) is 1. The molecule has 0 aliphatic heterocycles. The van der Waals surface area contributed by atoms with Gasteiger partial charge in [0.05, 0.1) is 24.5 Å². The number of benzene rings is 1. The van der Waals surface area contributed by atoms with Gasteiger partial charge in [0.25, 0.3) is 0 Å². The molecule has 1 aromatic carbocycles. The van der Waals surface area contributed by atoms with Crippen LogP contribution in [0.1, 0.15) is 6.92 Å².